The second-order valence-corrected chi connectivity index (χ2v) is 3.98. The molecule has 0 saturated carbocycles. The molecule has 0 aliphatic carbocycles. The average Bonchev–Trinajstić information content (AvgIpc) is 2.21. The molecule has 0 saturated heterocycles. The summed E-state index contributed by atoms with van der Waals surface area (Å²) in [6.07, 6.45) is 0. The largest absolute Gasteiger partial charge is 0.465 e. The van der Waals surface area contributed by atoms with Crippen molar-refractivity contribution in [2.24, 2.45) is 0 Å². The maximum atomic E-state index is 11.2. The first-order chi connectivity index (χ1) is 7.63. The number of hydrogen-bond acceptors (Lipinski definition) is 3. The van der Waals surface area contributed by atoms with Gasteiger partial charge in [0.2, 0.25) is 0 Å². The number of esters is 1. The van der Waals surface area contributed by atoms with E-state index in [1.807, 2.05) is 36.2 Å². The average molecular weight is 242 g/mol. The van der Waals surface area contributed by atoms with Crippen LogP contribution in [0.3, 0.4) is 0 Å². The Balaban J connectivity index is 2.48. The molecule has 0 unspecified atom stereocenters. The Hall–Kier alpha value is -1.06. The normalized spacial score (nSPS) is 10.5. The zero-order chi connectivity index (χ0) is 12.0. The zero-order valence-electron chi connectivity index (χ0n) is 9.57. The lowest BCUT2D eigenvalue weighted by atomic mass is 10.2. The molecule has 0 aliphatic heterocycles. The van der Waals surface area contributed by atoms with Gasteiger partial charge in [0, 0.05) is 11.6 Å². The Morgan fingerprint density at radius 3 is 2.75 bits per heavy atom. The molecule has 0 radical (unpaired) electrons. The minimum atomic E-state index is -0.211. The summed E-state index contributed by atoms with van der Waals surface area (Å²) >= 11 is 6.02. The van der Waals surface area contributed by atoms with E-state index in [0.717, 1.165) is 10.6 Å². The van der Waals surface area contributed by atoms with E-state index < -0.39 is 0 Å². The lowest BCUT2D eigenvalue weighted by molar-refractivity contribution is -0.144. The SMILES string of the molecule is CCOC(=O)CN(C)Cc1ccccc1Cl. The molecule has 3 nitrogen and oxygen atoms in total. The fourth-order valence-corrected chi connectivity index (χ4v) is 1.60. The first-order valence-electron chi connectivity index (χ1n) is 5.21. The van der Waals surface area contributed by atoms with Gasteiger partial charge in [0.25, 0.3) is 0 Å². The van der Waals surface area contributed by atoms with E-state index in [1.165, 1.54) is 0 Å². The number of nitrogens with zero attached hydrogens (tertiary/aromatic N) is 1. The highest BCUT2D eigenvalue weighted by Crippen LogP contribution is 2.16. The minimum absolute atomic E-state index is 0.211. The monoisotopic (exact) mass is 241 g/mol. The molecule has 1 rings (SSSR count). The highest BCUT2D eigenvalue weighted by atomic mass is 35.5. The van der Waals surface area contributed by atoms with Crippen LogP contribution in [0.2, 0.25) is 5.02 Å². The number of carbonyl (C=O) groups is 1. The van der Waals surface area contributed by atoms with E-state index in [9.17, 15) is 4.79 Å². The van der Waals surface area contributed by atoms with Crippen molar-refractivity contribution in [3.63, 3.8) is 0 Å². The first kappa shape index (κ1) is 13.0. The summed E-state index contributed by atoms with van der Waals surface area (Å²) < 4.78 is 4.87. The van der Waals surface area contributed by atoms with Crippen molar-refractivity contribution in [2.45, 2.75) is 13.5 Å². The summed E-state index contributed by atoms with van der Waals surface area (Å²) in [5.74, 6) is -0.211. The van der Waals surface area contributed by atoms with Gasteiger partial charge in [-0.15, -0.1) is 0 Å². The third kappa shape index (κ3) is 4.21. The van der Waals surface area contributed by atoms with Crippen LogP contribution in [0.4, 0.5) is 0 Å². The minimum Gasteiger partial charge on any atom is -0.465 e. The summed E-state index contributed by atoms with van der Waals surface area (Å²) in [6, 6.07) is 7.61. The van der Waals surface area contributed by atoms with E-state index >= 15 is 0 Å². The van der Waals surface area contributed by atoms with Gasteiger partial charge in [-0.1, -0.05) is 29.8 Å². The number of halogens is 1. The van der Waals surface area contributed by atoms with Gasteiger partial charge in [-0.3, -0.25) is 9.69 Å². The van der Waals surface area contributed by atoms with Crippen LogP contribution in [0.25, 0.3) is 0 Å². The van der Waals surface area contributed by atoms with Gasteiger partial charge >= 0.3 is 5.97 Å². The standard InChI is InChI=1S/C12H16ClNO2/c1-3-16-12(15)9-14(2)8-10-6-4-5-7-11(10)13/h4-7H,3,8-9H2,1-2H3. The second kappa shape index (κ2) is 6.51. The maximum absolute atomic E-state index is 11.2. The summed E-state index contributed by atoms with van der Waals surface area (Å²) in [4.78, 5) is 13.1. The third-order valence-corrected chi connectivity index (χ3v) is 2.47. The lowest BCUT2D eigenvalue weighted by Crippen LogP contribution is -2.27. The van der Waals surface area contributed by atoms with Crippen molar-refractivity contribution in [2.75, 3.05) is 20.2 Å². The summed E-state index contributed by atoms with van der Waals surface area (Å²) in [5.41, 5.74) is 1.01. The second-order valence-electron chi connectivity index (χ2n) is 3.57. The van der Waals surface area contributed by atoms with Gasteiger partial charge in [-0.2, -0.15) is 0 Å². The van der Waals surface area contributed by atoms with Crippen LogP contribution < -0.4 is 0 Å². The van der Waals surface area contributed by atoms with Crippen molar-refractivity contribution >= 4 is 17.6 Å². The maximum Gasteiger partial charge on any atom is 0.320 e. The Morgan fingerprint density at radius 1 is 1.44 bits per heavy atom. The predicted octanol–water partition coefficient (Wildman–Crippen LogP) is 2.33. The zero-order valence-corrected chi connectivity index (χ0v) is 10.3. The molecule has 0 atom stereocenters. The molecule has 0 N–H and O–H groups in total. The smallest absolute Gasteiger partial charge is 0.320 e. The molecular formula is C12H16ClNO2. The number of likely N-dealkylation sites (N-methyl/N-ethyl adjacent to an activating group) is 1. The van der Waals surface area contributed by atoms with Crippen LogP contribution in [0.1, 0.15) is 12.5 Å². The molecule has 0 bridgehead atoms. The molecule has 0 spiro atoms. The van der Waals surface area contributed by atoms with Gasteiger partial charge in [-0.25, -0.2) is 0 Å². The summed E-state index contributed by atoms with van der Waals surface area (Å²) in [5, 5.41) is 0.721. The third-order valence-electron chi connectivity index (χ3n) is 2.10. The molecule has 0 aromatic heterocycles. The molecule has 88 valence electrons. The predicted molar refractivity (Wildman–Crippen MR) is 64.4 cm³/mol. The van der Waals surface area contributed by atoms with Crippen molar-refractivity contribution in [1.82, 2.24) is 4.90 Å². The van der Waals surface area contributed by atoms with Crippen molar-refractivity contribution in [1.29, 1.82) is 0 Å². The number of benzene rings is 1. The van der Waals surface area contributed by atoms with Crippen LogP contribution >= 0.6 is 11.6 Å². The van der Waals surface area contributed by atoms with Crippen LogP contribution in [0.15, 0.2) is 24.3 Å². The topological polar surface area (TPSA) is 29.5 Å². The van der Waals surface area contributed by atoms with E-state index in [0.29, 0.717) is 13.2 Å². The van der Waals surface area contributed by atoms with E-state index in [1.54, 1.807) is 6.92 Å². The van der Waals surface area contributed by atoms with Gasteiger partial charge in [0.1, 0.15) is 0 Å². The van der Waals surface area contributed by atoms with Crippen molar-refractivity contribution in [3.8, 4) is 0 Å². The lowest BCUT2D eigenvalue weighted by Gasteiger charge is -2.16. The van der Waals surface area contributed by atoms with E-state index in [-0.39, 0.29) is 12.5 Å². The first-order valence-corrected chi connectivity index (χ1v) is 5.59. The molecule has 1 aromatic carbocycles. The fourth-order valence-electron chi connectivity index (χ4n) is 1.40. The fraction of sp³-hybridized carbons (Fsp3) is 0.417. The Kier molecular flexibility index (Phi) is 5.29. The Bertz CT molecular complexity index is 355. The quantitative estimate of drug-likeness (QED) is 0.741. The Morgan fingerprint density at radius 2 is 2.12 bits per heavy atom. The summed E-state index contributed by atoms with van der Waals surface area (Å²) in [6.45, 7) is 3.13. The molecular weight excluding hydrogens is 226 g/mol. The molecule has 0 amide bonds. The van der Waals surface area contributed by atoms with Crippen molar-refractivity contribution in [3.05, 3.63) is 34.9 Å². The Labute approximate surface area is 101 Å². The van der Waals surface area contributed by atoms with Gasteiger partial charge in [0.15, 0.2) is 0 Å². The molecule has 1 aromatic rings. The van der Waals surface area contributed by atoms with Gasteiger partial charge < -0.3 is 4.74 Å². The van der Waals surface area contributed by atoms with E-state index in [4.69, 9.17) is 16.3 Å². The van der Waals surface area contributed by atoms with Gasteiger partial charge in [-0.05, 0) is 25.6 Å². The number of rotatable bonds is 5. The van der Waals surface area contributed by atoms with Crippen LogP contribution in [0.5, 0.6) is 0 Å². The molecule has 4 heteroatoms. The number of hydrogen-bond donors (Lipinski definition) is 0. The molecule has 16 heavy (non-hydrogen) atoms. The molecule has 0 fully saturated rings. The number of ether oxygens (including phenoxy) is 1. The molecule has 0 aliphatic rings. The van der Waals surface area contributed by atoms with Crippen molar-refractivity contribution < 1.29 is 9.53 Å². The molecule has 0 heterocycles. The van der Waals surface area contributed by atoms with Crippen LogP contribution in [-0.4, -0.2) is 31.1 Å². The number of carbonyl (C=O) groups excluding carboxylic acids is 1. The van der Waals surface area contributed by atoms with Crippen LogP contribution in [0, 0.1) is 0 Å². The highest BCUT2D eigenvalue weighted by molar-refractivity contribution is 6.31. The highest BCUT2D eigenvalue weighted by Gasteiger charge is 2.08. The summed E-state index contributed by atoms with van der Waals surface area (Å²) in [7, 11) is 1.86. The van der Waals surface area contributed by atoms with E-state index in [2.05, 4.69) is 0 Å². The van der Waals surface area contributed by atoms with Gasteiger partial charge in [0.05, 0.1) is 13.2 Å². The van der Waals surface area contributed by atoms with Crippen LogP contribution in [-0.2, 0) is 16.1 Å².